The van der Waals surface area contributed by atoms with Crippen LogP contribution >= 0.6 is 11.6 Å². The minimum absolute atomic E-state index is 0.0653. The molecular weight excluding hydrogens is 276 g/mol. The van der Waals surface area contributed by atoms with Crippen LogP contribution in [0.5, 0.6) is 0 Å². The number of hydrogen-bond donors (Lipinski definition) is 2. The monoisotopic (exact) mass is 296 g/mol. The van der Waals surface area contributed by atoms with Crippen LogP contribution in [-0.4, -0.2) is 24.7 Å². The molecule has 110 valence electrons. The third kappa shape index (κ3) is 3.51. The Balaban J connectivity index is 2.08. The SMILES string of the molecule is CCC(NC(=O)C1(N)CCOCC1)c1cccc(Cl)c1. The van der Waals surface area contributed by atoms with Gasteiger partial charge < -0.3 is 15.8 Å². The fourth-order valence-electron chi connectivity index (χ4n) is 2.41. The lowest BCUT2D eigenvalue weighted by Gasteiger charge is -2.33. The summed E-state index contributed by atoms with van der Waals surface area (Å²) in [5.41, 5.74) is 6.38. The normalized spacial score (nSPS) is 19.4. The van der Waals surface area contributed by atoms with Crippen molar-refractivity contribution in [2.75, 3.05) is 13.2 Å². The number of ether oxygens (including phenoxy) is 1. The number of carbonyl (C=O) groups excluding carboxylic acids is 1. The summed E-state index contributed by atoms with van der Waals surface area (Å²) in [4.78, 5) is 12.4. The third-order valence-corrected chi connectivity index (χ3v) is 4.04. The summed E-state index contributed by atoms with van der Waals surface area (Å²) in [5.74, 6) is -0.104. The van der Waals surface area contributed by atoms with Gasteiger partial charge in [0.25, 0.3) is 0 Å². The first kappa shape index (κ1) is 15.3. The maximum absolute atomic E-state index is 12.4. The zero-order chi connectivity index (χ0) is 14.6. The number of nitrogens with one attached hydrogen (secondary N) is 1. The summed E-state index contributed by atoms with van der Waals surface area (Å²) in [5, 5.41) is 3.71. The average Bonchev–Trinajstić information content (AvgIpc) is 2.45. The molecule has 1 saturated heterocycles. The second kappa shape index (κ2) is 6.57. The zero-order valence-electron chi connectivity index (χ0n) is 11.7. The Labute approximate surface area is 124 Å². The van der Waals surface area contributed by atoms with E-state index in [1.807, 2.05) is 31.2 Å². The maximum Gasteiger partial charge on any atom is 0.240 e. The van der Waals surface area contributed by atoms with Crippen LogP contribution in [0.4, 0.5) is 0 Å². The van der Waals surface area contributed by atoms with E-state index in [9.17, 15) is 4.79 Å². The van der Waals surface area contributed by atoms with Gasteiger partial charge >= 0.3 is 0 Å². The van der Waals surface area contributed by atoms with E-state index >= 15 is 0 Å². The number of benzene rings is 1. The molecule has 1 aliphatic heterocycles. The Morgan fingerprint density at radius 2 is 2.20 bits per heavy atom. The van der Waals surface area contributed by atoms with Crippen LogP contribution < -0.4 is 11.1 Å². The van der Waals surface area contributed by atoms with Crippen LogP contribution in [0.15, 0.2) is 24.3 Å². The van der Waals surface area contributed by atoms with Gasteiger partial charge in [-0.25, -0.2) is 0 Å². The van der Waals surface area contributed by atoms with Crippen molar-refractivity contribution in [3.8, 4) is 0 Å². The zero-order valence-corrected chi connectivity index (χ0v) is 12.5. The molecule has 0 spiro atoms. The molecule has 1 aromatic carbocycles. The Kier molecular flexibility index (Phi) is 5.02. The van der Waals surface area contributed by atoms with Gasteiger partial charge in [-0.1, -0.05) is 30.7 Å². The molecule has 1 amide bonds. The fourth-order valence-corrected chi connectivity index (χ4v) is 2.61. The van der Waals surface area contributed by atoms with Gasteiger partial charge in [0.2, 0.25) is 5.91 Å². The second-order valence-corrected chi connectivity index (χ2v) is 5.69. The highest BCUT2D eigenvalue weighted by atomic mass is 35.5. The van der Waals surface area contributed by atoms with E-state index in [0.717, 1.165) is 12.0 Å². The van der Waals surface area contributed by atoms with Gasteiger partial charge in [-0.15, -0.1) is 0 Å². The van der Waals surface area contributed by atoms with E-state index in [0.29, 0.717) is 31.1 Å². The molecule has 5 heteroatoms. The van der Waals surface area contributed by atoms with Crippen LogP contribution in [0.3, 0.4) is 0 Å². The molecule has 0 bridgehead atoms. The molecule has 1 heterocycles. The standard InChI is InChI=1S/C15H21ClN2O2/c1-2-13(11-4-3-5-12(16)10-11)18-14(19)15(17)6-8-20-9-7-15/h3-5,10,13H,2,6-9,17H2,1H3,(H,18,19). The third-order valence-electron chi connectivity index (χ3n) is 3.80. The lowest BCUT2D eigenvalue weighted by molar-refractivity contribution is -0.130. The Morgan fingerprint density at radius 1 is 1.50 bits per heavy atom. The van der Waals surface area contributed by atoms with Gasteiger partial charge in [-0.2, -0.15) is 0 Å². The number of halogens is 1. The first-order chi connectivity index (χ1) is 9.55. The van der Waals surface area contributed by atoms with Crippen LogP contribution in [0.1, 0.15) is 37.8 Å². The van der Waals surface area contributed by atoms with Crippen LogP contribution in [0, 0.1) is 0 Å². The van der Waals surface area contributed by atoms with E-state index in [2.05, 4.69) is 5.32 Å². The molecule has 1 aliphatic rings. The quantitative estimate of drug-likeness (QED) is 0.897. The van der Waals surface area contributed by atoms with Gasteiger partial charge in [0.15, 0.2) is 0 Å². The lowest BCUT2D eigenvalue weighted by Crippen LogP contribution is -2.57. The van der Waals surface area contributed by atoms with Crippen molar-refractivity contribution in [3.63, 3.8) is 0 Å². The summed E-state index contributed by atoms with van der Waals surface area (Å²) in [6.07, 6.45) is 1.91. The highest BCUT2D eigenvalue weighted by Crippen LogP contribution is 2.23. The van der Waals surface area contributed by atoms with Crippen LogP contribution in [-0.2, 0) is 9.53 Å². The van der Waals surface area contributed by atoms with Crippen molar-refractivity contribution in [3.05, 3.63) is 34.9 Å². The predicted molar refractivity (Wildman–Crippen MR) is 79.6 cm³/mol. The molecule has 3 N–H and O–H groups in total. The Bertz CT molecular complexity index is 473. The molecule has 1 unspecified atom stereocenters. The molecule has 0 radical (unpaired) electrons. The minimum Gasteiger partial charge on any atom is -0.381 e. The van der Waals surface area contributed by atoms with Crippen molar-refractivity contribution in [2.24, 2.45) is 5.73 Å². The second-order valence-electron chi connectivity index (χ2n) is 5.26. The molecule has 1 aromatic rings. The van der Waals surface area contributed by atoms with E-state index < -0.39 is 5.54 Å². The summed E-state index contributed by atoms with van der Waals surface area (Å²) in [7, 11) is 0. The number of carbonyl (C=O) groups is 1. The molecule has 0 saturated carbocycles. The molecule has 4 nitrogen and oxygen atoms in total. The molecule has 1 fully saturated rings. The number of hydrogen-bond acceptors (Lipinski definition) is 3. The van der Waals surface area contributed by atoms with Crippen molar-refractivity contribution >= 4 is 17.5 Å². The van der Waals surface area contributed by atoms with Crippen LogP contribution in [0.25, 0.3) is 0 Å². The minimum atomic E-state index is -0.815. The summed E-state index contributed by atoms with van der Waals surface area (Å²) in [6.45, 7) is 3.11. The van der Waals surface area contributed by atoms with E-state index in [1.54, 1.807) is 0 Å². The smallest absolute Gasteiger partial charge is 0.240 e. The highest BCUT2D eigenvalue weighted by Gasteiger charge is 2.36. The van der Waals surface area contributed by atoms with Crippen molar-refractivity contribution in [1.82, 2.24) is 5.32 Å². The number of nitrogens with two attached hydrogens (primary N) is 1. The van der Waals surface area contributed by atoms with Gasteiger partial charge in [-0.3, -0.25) is 4.79 Å². The molecule has 20 heavy (non-hydrogen) atoms. The molecule has 0 aliphatic carbocycles. The number of rotatable bonds is 4. The topological polar surface area (TPSA) is 64.4 Å². The molecule has 2 rings (SSSR count). The van der Waals surface area contributed by atoms with Gasteiger partial charge in [0.1, 0.15) is 0 Å². The van der Waals surface area contributed by atoms with Crippen LogP contribution in [0.2, 0.25) is 5.02 Å². The predicted octanol–water partition coefficient (Wildman–Crippen LogP) is 2.42. The molecule has 1 atom stereocenters. The van der Waals surface area contributed by atoms with Crippen molar-refractivity contribution in [2.45, 2.75) is 37.8 Å². The largest absolute Gasteiger partial charge is 0.381 e. The summed E-state index contributed by atoms with van der Waals surface area (Å²) in [6, 6.07) is 7.49. The molecule has 0 aromatic heterocycles. The van der Waals surface area contributed by atoms with E-state index in [1.165, 1.54) is 0 Å². The lowest BCUT2D eigenvalue weighted by atomic mass is 9.89. The summed E-state index contributed by atoms with van der Waals surface area (Å²) >= 11 is 6.00. The number of amides is 1. The maximum atomic E-state index is 12.4. The van der Waals surface area contributed by atoms with E-state index in [4.69, 9.17) is 22.1 Å². The van der Waals surface area contributed by atoms with Crippen molar-refractivity contribution < 1.29 is 9.53 Å². The Morgan fingerprint density at radius 3 is 2.80 bits per heavy atom. The van der Waals surface area contributed by atoms with Crippen molar-refractivity contribution in [1.29, 1.82) is 0 Å². The highest BCUT2D eigenvalue weighted by molar-refractivity contribution is 6.30. The van der Waals surface area contributed by atoms with Gasteiger partial charge in [-0.05, 0) is 37.0 Å². The average molecular weight is 297 g/mol. The Hall–Kier alpha value is -1.10. The first-order valence-corrected chi connectivity index (χ1v) is 7.36. The summed E-state index contributed by atoms with van der Waals surface area (Å²) < 4.78 is 5.27. The first-order valence-electron chi connectivity index (χ1n) is 6.98. The fraction of sp³-hybridized carbons (Fsp3) is 0.533. The van der Waals surface area contributed by atoms with E-state index in [-0.39, 0.29) is 11.9 Å². The van der Waals surface area contributed by atoms with Gasteiger partial charge in [0.05, 0.1) is 11.6 Å². The van der Waals surface area contributed by atoms with Gasteiger partial charge in [0, 0.05) is 18.2 Å². The molecular formula is C15H21ClN2O2.